The standard InChI is InChI=1S/C11H19NO3/c1-6-7-8(12-10(14)15-5)9(13)11(2,3)4/h6,8H,1,7H2,2-5H3,(H,12,14). The molecule has 1 N–H and O–H groups in total. The molecule has 0 aromatic carbocycles. The van der Waals surface area contributed by atoms with Crippen LogP contribution < -0.4 is 5.32 Å². The summed E-state index contributed by atoms with van der Waals surface area (Å²) >= 11 is 0. The third kappa shape index (κ3) is 4.63. The lowest BCUT2D eigenvalue weighted by molar-refractivity contribution is -0.128. The number of nitrogens with one attached hydrogen (secondary N) is 1. The zero-order chi connectivity index (χ0) is 12.1. The molecular formula is C11H19NO3. The molecule has 4 nitrogen and oxygen atoms in total. The van der Waals surface area contributed by atoms with E-state index in [9.17, 15) is 9.59 Å². The lowest BCUT2D eigenvalue weighted by atomic mass is 9.85. The molecule has 0 saturated carbocycles. The van der Waals surface area contributed by atoms with E-state index in [4.69, 9.17) is 0 Å². The van der Waals surface area contributed by atoms with Gasteiger partial charge in [-0.2, -0.15) is 0 Å². The van der Waals surface area contributed by atoms with Gasteiger partial charge in [0.15, 0.2) is 5.78 Å². The quantitative estimate of drug-likeness (QED) is 0.726. The number of amides is 1. The van der Waals surface area contributed by atoms with Crippen LogP contribution in [0.15, 0.2) is 12.7 Å². The minimum atomic E-state index is -0.598. The average Bonchev–Trinajstić information content (AvgIpc) is 2.14. The smallest absolute Gasteiger partial charge is 0.407 e. The average molecular weight is 213 g/mol. The number of hydrogen-bond acceptors (Lipinski definition) is 3. The molecule has 0 bridgehead atoms. The van der Waals surface area contributed by atoms with Gasteiger partial charge < -0.3 is 10.1 Å². The molecule has 0 spiro atoms. The second-order valence-corrected chi connectivity index (χ2v) is 4.33. The summed E-state index contributed by atoms with van der Waals surface area (Å²) in [5.41, 5.74) is -0.491. The molecular weight excluding hydrogens is 194 g/mol. The van der Waals surface area contributed by atoms with Crippen LogP contribution in [-0.4, -0.2) is 25.0 Å². The van der Waals surface area contributed by atoms with Crippen molar-refractivity contribution < 1.29 is 14.3 Å². The molecule has 1 atom stereocenters. The summed E-state index contributed by atoms with van der Waals surface area (Å²) in [7, 11) is 1.27. The van der Waals surface area contributed by atoms with E-state index in [1.807, 2.05) is 20.8 Å². The van der Waals surface area contributed by atoms with Gasteiger partial charge in [-0.1, -0.05) is 26.8 Å². The van der Waals surface area contributed by atoms with Gasteiger partial charge in [-0.25, -0.2) is 4.79 Å². The van der Waals surface area contributed by atoms with Crippen LogP contribution in [0.2, 0.25) is 0 Å². The van der Waals surface area contributed by atoms with Crippen molar-refractivity contribution in [2.24, 2.45) is 5.41 Å². The summed E-state index contributed by atoms with van der Waals surface area (Å²) < 4.78 is 4.45. The molecule has 0 radical (unpaired) electrons. The monoisotopic (exact) mass is 213 g/mol. The van der Waals surface area contributed by atoms with E-state index in [1.165, 1.54) is 7.11 Å². The summed E-state index contributed by atoms with van der Waals surface area (Å²) in [4.78, 5) is 22.9. The molecule has 0 aliphatic carbocycles. The second kappa shape index (κ2) is 5.53. The highest BCUT2D eigenvalue weighted by Gasteiger charge is 2.29. The maximum Gasteiger partial charge on any atom is 0.407 e. The number of methoxy groups -OCH3 is 1. The summed E-state index contributed by atoms with van der Waals surface area (Å²) in [5.74, 6) is -0.0344. The van der Waals surface area contributed by atoms with Crippen LogP contribution in [0, 0.1) is 5.41 Å². The molecule has 0 fully saturated rings. The number of rotatable bonds is 4. The fourth-order valence-electron chi connectivity index (χ4n) is 1.12. The first-order chi connectivity index (χ1) is 6.82. The zero-order valence-electron chi connectivity index (χ0n) is 9.79. The zero-order valence-corrected chi connectivity index (χ0v) is 9.79. The van der Waals surface area contributed by atoms with Crippen LogP contribution in [-0.2, 0) is 9.53 Å². The van der Waals surface area contributed by atoms with Gasteiger partial charge in [-0.05, 0) is 6.42 Å². The first-order valence-corrected chi connectivity index (χ1v) is 4.82. The van der Waals surface area contributed by atoms with Gasteiger partial charge in [0, 0.05) is 5.41 Å². The van der Waals surface area contributed by atoms with E-state index in [0.29, 0.717) is 6.42 Å². The minimum absolute atomic E-state index is 0.0344. The minimum Gasteiger partial charge on any atom is -0.453 e. The fraction of sp³-hybridized carbons (Fsp3) is 0.636. The molecule has 0 rings (SSSR count). The van der Waals surface area contributed by atoms with Gasteiger partial charge >= 0.3 is 6.09 Å². The Hall–Kier alpha value is -1.32. The van der Waals surface area contributed by atoms with Gasteiger partial charge in [0.25, 0.3) is 0 Å². The van der Waals surface area contributed by atoms with E-state index in [0.717, 1.165) is 0 Å². The highest BCUT2D eigenvalue weighted by molar-refractivity contribution is 5.91. The molecule has 1 unspecified atom stereocenters. The Labute approximate surface area is 90.7 Å². The molecule has 0 aliphatic rings. The highest BCUT2D eigenvalue weighted by Crippen LogP contribution is 2.18. The van der Waals surface area contributed by atoms with Gasteiger partial charge in [0.05, 0.1) is 13.2 Å². The van der Waals surface area contributed by atoms with E-state index in [2.05, 4.69) is 16.6 Å². The third-order valence-electron chi connectivity index (χ3n) is 1.94. The van der Waals surface area contributed by atoms with Gasteiger partial charge in [0.2, 0.25) is 0 Å². The van der Waals surface area contributed by atoms with Crippen molar-refractivity contribution in [2.75, 3.05) is 7.11 Å². The summed E-state index contributed by atoms with van der Waals surface area (Å²) in [5, 5.41) is 2.49. The van der Waals surface area contributed by atoms with E-state index >= 15 is 0 Å². The molecule has 4 heteroatoms. The predicted molar refractivity (Wildman–Crippen MR) is 58.6 cm³/mol. The lowest BCUT2D eigenvalue weighted by Gasteiger charge is -2.24. The number of ether oxygens (including phenoxy) is 1. The second-order valence-electron chi connectivity index (χ2n) is 4.33. The number of alkyl carbamates (subject to hydrolysis) is 1. The van der Waals surface area contributed by atoms with E-state index < -0.39 is 17.6 Å². The van der Waals surface area contributed by atoms with Crippen LogP contribution in [0.3, 0.4) is 0 Å². The molecule has 15 heavy (non-hydrogen) atoms. The number of hydrogen-bond donors (Lipinski definition) is 1. The Bertz CT molecular complexity index is 253. The Morgan fingerprint density at radius 2 is 2.00 bits per heavy atom. The Balaban J connectivity index is 4.59. The maximum absolute atomic E-state index is 11.9. The van der Waals surface area contributed by atoms with Gasteiger partial charge in [0.1, 0.15) is 0 Å². The highest BCUT2D eigenvalue weighted by atomic mass is 16.5. The molecule has 0 saturated heterocycles. The molecule has 0 heterocycles. The molecule has 86 valence electrons. The Morgan fingerprint density at radius 3 is 2.33 bits per heavy atom. The fourth-order valence-corrected chi connectivity index (χ4v) is 1.12. The van der Waals surface area contributed by atoms with Crippen molar-refractivity contribution in [3.63, 3.8) is 0 Å². The van der Waals surface area contributed by atoms with Crippen LogP contribution >= 0.6 is 0 Å². The van der Waals surface area contributed by atoms with Gasteiger partial charge in [-0.3, -0.25) is 4.79 Å². The predicted octanol–water partition coefficient (Wildman–Crippen LogP) is 1.90. The molecule has 0 aromatic rings. The molecule has 1 amide bonds. The van der Waals surface area contributed by atoms with Crippen LogP contribution in [0.1, 0.15) is 27.2 Å². The van der Waals surface area contributed by atoms with E-state index in [1.54, 1.807) is 6.08 Å². The Kier molecular flexibility index (Phi) is 5.05. The Morgan fingerprint density at radius 1 is 1.47 bits per heavy atom. The number of ketones is 1. The van der Waals surface area contributed by atoms with Crippen LogP contribution in [0.4, 0.5) is 4.79 Å². The normalized spacial score (nSPS) is 12.8. The summed E-state index contributed by atoms with van der Waals surface area (Å²) in [6, 6.07) is -0.560. The molecule has 0 aliphatic heterocycles. The topological polar surface area (TPSA) is 55.4 Å². The lowest BCUT2D eigenvalue weighted by Crippen LogP contribution is -2.45. The number of carbonyl (C=O) groups is 2. The summed E-state index contributed by atoms with van der Waals surface area (Å²) in [6.07, 6.45) is 1.41. The van der Waals surface area contributed by atoms with Crippen molar-refractivity contribution in [1.29, 1.82) is 0 Å². The van der Waals surface area contributed by atoms with Crippen molar-refractivity contribution in [3.05, 3.63) is 12.7 Å². The third-order valence-corrected chi connectivity index (χ3v) is 1.94. The maximum atomic E-state index is 11.9. The summed E-state index contributed by atoms with van der Waals surface area (Å²) in [6.45, 7) is 8.98. The largest absolute Gasteiger partial charge is 0.453 e. The van der Waals surface area contributed by atoms with Crippen molar-refractivity contribution in [3.8, 4) is 0 Å². The first-order valence-electron chi connectivity index (χ1n) is 4.82. The van der Waals surface area contributed by atoms with Crippen molar-refractivity contribution in [1.82, 2.24) is 5.32 Å². The first kappa shape index (κ1) is 13.7. The van der Waals surface area contributed by atoms with Crippen molar-refractivity contribution >= 4 is 11.9 Å². The van der Waals surface area contributed by atoms with Gasteiger partial charge in [-0.15, -0.1) is 6.58 Å². The number of carbonyl (C=O) groups excluding carboxylic acids is 2. The SMILES string of the molecule is C=CCC(NC(=O)OC)C(=O)C(C)(C)C. The van der Waals surface area contributed by atoms with E-state index in [-0.39, 0.29) is 5.78 Å². The number of Topliss-reactive ketones (excluding diaryl/α,β-unsaturated/α-hetero) is 1. The van der Waals surface area contributed by atoms with Crippen LogP contribution in [0.25, 0.3) is 0 Å². The molecule has 0 aromatic heterocycles. The van der Waals surface area contributed by atoms with Crippen LogP contribution in [0.5, 0.6) is 0 Å². The van der Waals surface area contributed by atoms with Crippen molar-refractivity contribution in [2.45, 2.75) is 33.2 Å².